The van der Waals surface area contributed by atoms with E-state index in [9.17, 15) is 16.8 Å². The predicted molar refractivity (Wildman–Crippen MR) is 66.1 cm³/mol. The van der Waals surface area contributed by atoms with Crippen LogP contribution >= 0.6 is 0 Å². The minimum absolute atomic E-state index is 0.0601. The third-order valence-electron chi connectivity index (χ3n) is 2.06. The Labute approximate surface area is 98.5 Å². The van der Waals surface area contributed by atoms with E-state index in [1.165, 1.54) is 12.5 Å². The highest BCUT2D eigenvalue weighted by Crippen LogP contribution is 2.03. The second-order valence-corrected chi connectivity index (χ2v) is 8.56. The third kappa shape index (κ3) is 10.4. The van der Waals surface area contributed by atoms with Crippen LogP contribution in [0.25, 0.3) is 0 Å². The fraction of sp³-hybridized carbons (Fsp3) is 1.00. The van der Waals surface area contributed by atoms with Crippen molar-refractivity contribution in [1.29, 1.82) is 0 Å². The maximum Gasteiger partial charge on any atom is 0.148 e. The van der Waals surface area contributed by atoms with Gasteiger partial charge in [-0.1, -0.05) is 6.92 Å². The SMILES string of the molecule is CCNC(CCCS(C)(=O)=O)CS(C)(=O)=O. The number of nitrogens with one attached hydrogen (secondary N) is 1. The average molecular weight is 271 g/mol. The van der Waals surface area contributed by atoms with Gasteiger partial charge >= 0.3 is 0 Å². The molecule has 0 saturated heterocycles. The van der Waals surface area contributed by atoms with E-state index >= 15 is 0 Å². The van der Waals surface area contributed by atoms with Gasteiger partial charge in [0.25, 0.3) is 0 Å². The molecule has 0 bridgehead atoms. The predicted octanol–water partition coefficient (Wildman–Crippen LogP) is -0.166. The van der Waals surface area contributed by atoms with Crippen LogP contribution in [-0.4, -0.2) is 53.4 Å². The van der Waals surface area contributed by atoms with Gasteiger partial charge in [-0.2, -0.15) is 0 Å². The topological polar surface area (TPSA) is 80.3 Å². The Bertz CT molecular complexity index is 386. The summed E-state index contributed by atoms with van der Waals surface area (Å²) >= 11 is 0. The van der Waals surface area contributed by atoms with E-state index in [1.807, 2.05) is 6.92 Å². The lowest BCUT2D eigenvalue weighted by Gasteiger charge is -2.16. The molecular formula is C9H21NO4S2. The maximum atomic E-state index is 11.1. The van der Waals surface area contributed by atoms with Gasteiger partial charge < -0.3 is 5.32 Å². The third-order valence-corrected chi connectivity index (χ3v) is 4.10. The van der Waals surface area contributed by atoms with Crippen molar-refractivity contribution in [3.63, 3.8) is 0 Å². The van der Waals surface area contributed by atoms with Gasteiger partial charge in [-0.15, -0.1) is 0 Å². The fourth-order valence-corrected chi connectivity index (χ4v) is 3.20. The normalized spacial score (nSPS) is 14.9. The molecule has 0 amide bonds. The first kappa shape index (κ1) is 15.9. The maximum absolute atomic E-state index is 11.1. The van der Waals surface area contributed by atoms with Crippen LogP contribution in [0.3, 0.4) is 0 Å². The second kappa shape index (κ2) is 6.56. The average Bonchev–Trinajstić information content (AvgIpc) is 1.98. The zero-order valence-electron chi connectivity index (χ0n) is 10.1. The Hall–Kier alpha value is -0.140. The Morgan fingerprint density at radius 2 is 1.62 bits per heavy atom. The van der Waals surface area contributed by atoms with E-state index < -0.39 is 19.7 Å². The largest absolute Gasteiger partial charge is 0.313 e. The molecule has 0 spiro atoms. The van der Waals surface area contributed by atoms with Gasteiger partial charge in [0.2, 0.25) is 0 Å². The molecule has 16 heavy (non-hydrogen) atoms. The van der Waals surface area contributed by atoms with Crippen LogP contribution in [0.2, 0.25) is 0 Å². The summed E-state index contributed by atoms with van der Waals surface area (Å²) in [6, 6.07) is -0.151. The van der Waals surface area contributed by atoms with Crippen molar-refractivity contribution in [3.05, 3.63) is 0 Å². The van der Waals surface area contributed by atoms with Crippen molar-refractivity contribution in [1.82, 2.24) is 5.32 Å². The Morgan fingerprint density at radius 3 is 2.00 bits per heavy atom. The summed E-state index contributed by atoms with van der Waals surface area (Å²) in [6.45, 7) is 2.57. The van der Waals surface area contributed by atoms with E-state index in [1.54, 1.807) is 0 Å². The van der Waals surface area contributed by atoms with Crippen molar-refractivity contribution >= 4 is 19.7 Å². The van der Waals surface area contributed by atoms with E-state index in [0.717, 1.165) is 0 Å². The van der Waals surface area contributed by atoms with Crippen LogP contribution in [0, 0.1) is 0 Å². The van der Waals surface area contributed by atoms with Crippen LogP contribution in [0.4, 0.5) is 0 Å². The first-order chi connectivity index (χ1) is 7.14. The lowest BCUT2D eigenvalue weighted by molar-refractivity contribution is 0.512. The molecule has 1 unspecified atom stereocenters. The van der Waals surface area contributed by atoms with Gasteiger partial charge in [0.05, 0.1) is 5.75 Å². The lowest BCUT2D eigenvalue weighted by Crippen LogP contribution is -2.35. The number of hydrogen-bond acceptors (Lipinski definition) is 5. The van der Waals surface area contributed by atoms with Gasteiger partial charge in [-0.25, -0.2) is 16.8 Å². The van der Waals surface area contributed by atoms with Crippen molar-refractivity contribution in [3.8, 4) is 0 Å². The molecule has 98 valence electrons. The first-order valence-electron chi connectivity index (χ1n) is 5.23. The Balaban J connectivity index is 4.14. The summed E-state index contributed by atoms with van der Waals surface area (Å²) in [4.78, 5) is 0. The first-order valence-corrected chi connectivity index (χ1v) is 9.35. The molecule has 7 heteroatoms. The van der Waals surface area contributed by atoms with E-state index in [0.29, 0.717) is 19.4 Å². The molecule has 0 aliphatic heterocycles. The van der Waals surface area contributed by atoms with E-state index in [2.05, 4.69) is 5.32 Å². The van der Waals surface area contributed by atoms with Crippen LogP contribution < -0.4 is 5.32 Å². The van der Waals surface area contributed by atoms with Crippen LogP contribution in [0.15, 0.2) is 0 Å². The van der Waals surface area contributed by atoms with Gasteiger partial charge in [0, 0.05) is 24.3 Å². The summed E-state index contributed by atoms with van der Waals surface area (Å²) in [6.07, 6.45) is 3.43. The summed E-state index contributed by atoms with van der Waals surface area (Å²) < 4.78 is 44.1. The quantitative estimate of drug-likeness (QED) is 0.663. The molecule has 1 N–H and O–H groups in total. The van der Waals surface area contributed by atoms with Gasteiger partial charge in [0.15, 0.2) is 0 Å². The van der Waals surface area contributed by atoms with Crippen LogP contribution in [0.5, 0.6) is 0 Å². The summed E-state index contributed by atoms with van der Waals surface area (Å²) in [5.41, 5.74) is 0. The standard InChI is InChI=1S/C9H21NO4S2/c1-4-10-9(8-16(3,13)14)6-5-7-15(2,11)12/h9-10H,4-8H2,1-3H3. The van der Waals surface area contributed by atoms with Crippen LogP contribution in [0.1, 0.15) is 19.8 Å². The molecule has 0 radical (unpaired) electrons. The molecule has 0 fully saturated rings. The Morgan fingerprint density at radius 1 is 1.06 bits per heavy atom. The molecule has 0 heterocycles. The van der Waals surface area contributed by atoms with Crippen LogP contribution in [-0.2, 0) is 19.7 Å². The minimum Gasteiger partial charge on any atom is -0.313 e. The number of hydrogen-bond donors (Lipinski definition) is 1. The molecule has 0 rings (SSSR count). The zero-order valence-corrected chi connectivity index (χ0v) is 11.7. The molecule has 0 aromatic carbocycles. The van der Waals surface area contributed by atoms with Crippen molar-refractivity contribution in [2.24, 2.45) is 0 Å². The Kier molecular flexibility index (Phi) is 6.50. The number of sulfone groups is 2. The molecule has 0 aromatic heterocycles. The molecule has 1 atom stereocenters. The fourth-order valence-electron chi connectivity index (χ4n) is 1.49. The van der Waals surface area contributed by atoms with Gasteiger partial charge in [-0.3, -0.25) is 0 Å². The minimum atomic E-state index is -3.02. The summed E-state index contributed by atoms with van der Waals surface area (Å²) in [7, 11) is -5.98. The zero-order chi connectivity index (χ0) is 12.8. The summed E-state index contributed by atoms with van der Waals surface area (Å²) in [5.74, 6) is 0.170. The molecule has 0 aliphatic carbocycles. The molecule has 0 aromatic rings. The van der Waals surface area contributed by atoms with Crippen molar-refractivity contribution < 1.29 is 16.8 Å². The summed E-state index contributed by atoms with van der Waals surface area (Å²) in [5, 5.41) is 3.05. The molecular weight excluding hydrogens is 250 g/mol. The van der Waals surface area contributed by atoms with Gasteiger partial charge in [-0.05, 0) is 19.4 Å². The van der Waals surface area contributed by atoms with Crippen molar-refractivity contribution in [2.75, 3.05) is 30.6 Å². The highest BCUT2D eigenvalue weighted by Gasteiger charge is 2.14. The molecule has 5 nitrogen and oxygen atoms in total. The number of rotatable bonds is 8. The van der Waals surface area contributed by atoms with Crippen molar-refractivity contribution in [2.45, 2.75) is 25.8 Å². The van der Waals surface area contributed by atoms with E-state index in [4.69, 9.17) is 0 Å². The monoisotopic (exact) mass is 271 g/mol. The highest BCUT2D eigenvalue weighted by molar-refractivity contribution is 7.90. The second-order valence-electron chi connectivity index (χ2n) is 4.12. The lowest BCUT2D eigenvalue weighted by atomic mass is 10.2. The van der Waals surface area contributed by atoms with E-state index in [-0.39, 0.29) is 17.5 Å². The molecule has 0 aliphatic rings. The van der Waals surface area contributed by atoms with Gasteiger partial charge in [0.1, 0.15) is 19.7 Å². The smallest absolute Gasteiger partial charge is 0.148 e. The highest BCUT2D eigenvalue weighted by atomic mass is 32.2. The molecule has 0 saturated carbocycles.